The summed E-state index contributed by atoms with van der Waals surface area (Å²) >= 11 is 6.01. The molecule has 0 fully saturated rings. The maximum absolute atomic E-state index is 13.0. The molecule has 0 aliphatic carbocycles. The van der Waals surface area contributed by atoms with Crippen molar-refractivity contribution in [1.82, 2.24) is 14.3 Å². The number of carbonyl (C=O) groups excluding carboxylic acids is 1. The van der Waals surface area contributed by atoms with Crippen molar-refractivity contribution in [2.24, 2.45) is 0 Å². The summed E-state index contributed by atoms with van der Waals surface area (Å²) in [5, 5.41) is 3.75. The van der Waals surface area contributed by atoms with E-state index in [1.807, 2.05) is 85.1 Å². The Hall–Kier alpha value is -4.37. The van der Waals surface area contributed by atoms with E-state index in [4.69, 9.17) is 30.8 Å². The number of halogens is 1. The lowest BCUT2D eigenvalue weighted by molar-refractivity contribution is -0.117. The number of methoxy groups -OCH3 is 2. The minimum absolute atomic E-state index is 0.0549. The molecular weight excluding hydrogens is 564 g/mol. The fourth-order valence-electron chi connectivity index (χ4n) is 5.45. The number of pyridine rings is 1. The van der Waals surface area contributed by atoms with Crippen molar-refractivity contribution in [3.05, 3.63) is 112 Å². The molecule has 0 bridgehead atoms. The quantitative estimate of drug-likeness (QED) is 0.201. The van der Waals surface area contributed by atoms with Crippen LogP contribution in [0.3, 0.4) is 0 Å². The molecule has 0 radical (unpaired) electrons. The van der Waals surface area contributed by atoms with Gasteiger partial charge in [-0.15, -0.1) is 0 Å². The molecule has 1 aliphatic heterocycles. The predicted molar refractivity (Wildman–Crippen MR) is 168 cm³/mol. The van der Waals surface area contributed by atoms with Crippen molar-refractivity contribution in [2.75, 3.05) is 32.6 Å². The molecule has 0 atom stereocenters. The van der Waals surface area contributed by atoms with Crippen molar-refractivity contribution < 1.29 is 19.0 Å². The first kappa shape index (κ1) is 28.7. The van der Waals surface area contributed by atoms with Crippen LogP contribution in [0.1, 0.15) is 22.4 Å². The van der Waals surface area contributed by atoms with E-state index in [0.717, 1.165) is 58.1 Å². The molecule has 5 aromatic rings. The van der Waals surface area contributed by atoms with Gasteiger partial charge in [0.15, 0.2) is 11.5 Å². The molecule has 9 heteroatoms. The minimum Gasteiger partial charge on any atom is -0.493 e. The van der Waals surface area contributed by atoms with Crippen molar-refractivity contribution in [3.63, 3.8) is 0 Å². The molecule has 0 spiro atoms. The van der Waals surface area contributed by atoms with Crippen LogP contribution in [0.15, 0.2) is 85.1 Å². The number of nitrogens with zero attached hydrogens (tertiary/aromatic N) is 3. The second kappa shape index (κ2) is 12.9. The van der Waals surface area contributed by atoms with E-state index >= 15 is 0 Å². The summed E-state index contributed by atoms with van der Waals surface area (Å²) in [5.41, 5.74) is 7.77. The van der Waals surface area contributed by atoms with Gasteiger partial charge in [-0.25, -0.2) is 4.98 Å². The molecule has 1 aliphatic rings. The van der Waals surface area contributed by atoms with Crippen molar-refractivity contribution in [3.8, 4) is 22.8 Å². The lowest BCUT2D eigenvalue weighted by atomic mass is 9.99. The van der Waals surface area contributed by atoms with Gasteiger partial charge in [0.1, 0.15) is 5.65 Å². The van der Waals surface area contributed by atoms with Gasteiger partial charge in [0.2, 0.25) is 5.91 Å². The van der Waals surface area contributed by atoms with Gasteiger partial charge in [-0.3, -0.25) is 9.69 Å². The summed E-state index contributed by atoms with van der Waals surface area (Å²) < 4.78 is 19.0. The number of carbonyl (C=O) groups is 1. The van der Waals surface area contributed by atoms with Crippen LogP contribution in [0.5, 0.6) is 11.5 Å². The summed E-state index contributed by atoms with van der Waals surface area (Å²) in [6.07, 6.45) is 2.84. The van der Waals surface area contributed by atoms with E-state index in [1.54, 1.807) is 14.2 Å². The number of amides is 1. The third-order valence-corrected chi connectivity index (χ3v) is 7.91. The Morgan fingerprint density at radius 1 is 0.930 bits per heavy atom. The summed E-state index contributed by atoms with van der Waals surface area (Å²) in [4.78, 5) is 20.0. The third-order valence-electron chi connectivity index (χ3n) is 7.66. The van der Waals surface area contributed by atoms with Crippen LogP contribution in [0.2, 0.25) is 5.02 Å². The summed E-state index contributed by atoms with van der Waals surface area (Å²) in [6, 6.07) is 25.4. The maximum atomic E-state index is 13.0. The molecule has 1 amide bonds. The van der Waals surface area contributed by atoms with Crippen LogP contribution >= 0.6 is 11.6 Å². The Morgan fingerprint density at radius 2 is 1.67 bits per heavy atom. The van der Waals surface area contributed by atoms with Crippen LogP contribution < -0.4 is 14.8 Å². The zero-order valence-electron chi connectivity index (χ0n) is 24.2. The number of aromatic nitrogens is 2. The highest BCUT2D eigenvalue weighted by atomic mass is 35.5. The second-order valence-corrected chi connectivity index (χ2v) is 11.0. The summed E-state index contributed by atoms with van der Waals surface area (Å²) in [7, 11) is 3.28. The maximum Gasteiger partial charge on any atom is 0.238 e. The first-order valence-electron chi connectivity index (χ1n) is 14.2. The molecule has 3 heterocycles. The van der Waals surface area contributed by atoms with Gasteiger partial charge < -0.3 is 23.9 Å². The average molecular weight is 597 g/mol. The lowest BCUT2D eigenvalue weighted by Crippen LogP contribution is -2.37. The first-order valence-corrected chi connectivity index (χ1v) is 14.5. The van der Waals surface area contributed by atoms with Gasteiger partial charge >= 0.3 is 0 Å². The van der Waals surface area contributed by atoms with Crippen LogP contribution in [0.4, 0.5) is 5.69 Å². The highest BCUT2D eigenvalue weighted by molar-refractivity contribution is 6.30. The number of hydrogen-bond acceptors (Lipinski definition) is 6. The number of rotatable bonds is 10. The van der Waals surface area contributed by atoms with Crippen molar-refractivity contribution >= 4 is 28.8 Å². The minimum atomic E-state index is -0.0549. The van der Waals surface area contributed by atoms with E-state index in [2.05, 4.69) is 14.6 Å². The third kappa shape index (κ3) is 6.51. The van der Waals surface area contributed by atoms with Crippen LogP contribution in [0, 0.1) is 0 Å². The number of hydrogen-bond donors (Lipinski definition) is 1. The Labute approximate surface area is 255 Å². The van der Waals surface area contributed by atoms with E-state index in [1.165, 1.54) is 5.56 Å². The Morgan fingerprint density at radius 3 is 2.42 bits per heavy atom. The summed E-state index contributed by atoms with van der Waals surface area (Å²) in [6.45, 7) is 2.63. The van der Waals surface area contributed by atoms with E-state index < -0.39 is 0 Å². The van der Waals surface area contributed by atoms with E-state index in [0.29, 0.717) is 37.1 Å². The first-order chi connectivity index (χ1) is 21.0. The standard InChI is InChI=1S/C34H33ClN4O4/c1-41-30-17-25-14-16-38(19-26(25)18-31(30)42-2)20-33(40)36-28-12-8-24(9-13-28)34-29(39-15-4-3-5-32(39)37-34)22-43-21-23-6-10-27(35)11-7-23/h3-13,15,17-18H,14,16,19-22H2,1-2H3,(H,36,40). The Bertz CT molecular complexity index is 1730. The van der Waals surface area contributed by atoms with E-state index in [-0.39, 0.29) is 5.91 Å². The Kier molecular flexibility index (Phi) is 8.60. The van der Waals surface area contributed by atoms with Gasteiger partial charge in [-0.1, -0.05) is 41.9 Å². The normalized spacial score (nSPS) is 13.1. The zero-order valence-corrected chi connectivity index (χ0v) is 24.9. The number of ether oxygens (including phenoxy) is 3. The molecule has 220 valence electrons. The monoisotopic (exact) mass is 596 g/mol. The topological polar surface area (TPSA) is 77.3 Å². The lowest BCUT2D eigenvalue weighted by Gasteiger charge is -2.29. The molecule has 2 aromatic heterocycles. The molecule has 6 rings (SSSR count). The highest BCUT2D eigenvalue weighted by Crippen LogP contribution is 2.33. The molecule has 0 unspecified atom stereocenters. The molecule has 3 aromatic carbocycles. The number of nitrogens with one attached hydrogen (secondary N) is 1. The highest BCUT2D eigenvalue weighted by Gasteiger charge is 2.21. The van der Waals surface area contributed by atoms with Gasteiger partial charge in [0.25, 0.3) is 0 Å². The Balaban J connectivity index is 1.11. The van der Waals surface area contributed by atoms with Gasteiger partial charge in [0.05, 0.1) is 45.4 Å². The van der Waals surface area contributed by atoms with Crippen LogP contribution in [-0.4, -0.2) is 47.5 Å². The molecule has 0 saturated heterocycles. The van der Waals surface area contributed by atoms with Gasteiger partial charge in [-0.05, 0) is 71.6 Å². The molecule has 1 N–H and O–H groups in total. The van der Waals surface area contributed by atoms with Crippen molar-refractivity contribution in [2.45, 2.75) is 26.2 Å². The fraction of sp³-hybridized carbons (Fsp3) is 0.235. The predicted octanol–water partition coefficient (Wildman–Crippen LogP) is 6.39. The SMILES string of the molecule is COc1cc2c(cc1OC)CN(CC(=O)Nc1ccc(-c3nc4ccccn4c3COCc3ccc(Cl)cc3)cc1)CC2. The number of anilines is 1. The van der Waals surface area contributed by atoms with E-state index in [9.17, 15) is 4.79 Å². The fourth-order valence-corrected chi connectivity index (χ4v) is 5.58. The number of imidazole rings is 1. The van der Waals surface area contributed by atoms with Gasteiger partial charge in [0, 0.05) is 35.6 Å². The molecule has 8 nitrogen and oxygen atoms in total. The summed E-state index contributed by atoms with van der Waals surface area (Å²) in [5.74, 6) is 1.38. The smallest absolute Gasteiger partial charge is 0.238 e. The zero-order chi connectivity index (χ0) is 29.8. The second-order valence-electron chi connectivity index (χ2n) is 10.5. The number of fused-ring (bicyclic) bond motifs is 2. The van der Waals surface area contributed by atoms with Crippen molar-refractivity contribution in [1.29, 1.82) is 0 Å². The average Bonchev–Trinajstić information content (AvgIpc) is 3.40. The largest absolute Gasteiger partial charge is 0.493 e. The molecule has 0 saturated carbocycles. The van der Waals surface area contributed by atoms with Crippen LogP contribution in [-0.2, 0) is 35.7 Å². The van der Waals surface area contributed by atoms with Crippen LogP contribution in [0.25, 0.3) is 16.9 Å². The molecule has 43 heavy (non-hydrogen) atoms. The molecular formula is C34H33ClN4O4. The number of benzene rings is 3. The van der Waals surface area contributed by atoms with Gasteiger partial charge in [-0.2, -0.15) is 0 Å².